The average Bonchev–Trinajstić information content (AvgIpc) is 2.63. The number of allylic oxidation sites excluding steroid dienone is 2. The molecule has 0 aliphatic heterocycles. The fraction of sp³-hybridized carbons (Fsp3) is 0.870. The molecule has 0 aliphatic rings. The monoisotopic (exact) mass is 415 g/mol. The second-order valence-electron chi connectivity index (χ2n) is 7.99. The van der Waals surface area contributed by atoms with Crippen LogP contribution in [0.2, 0.25) is 0 Å². The van der Waals surface area contributed by atoms with Crippen LogP contribution in [0.5, 0.6) is 0 Å². The molecule has 29 heavy (non-hydrogen) atoms. The first-order valence-electron chi connectivity index (χ1n) is 11.6. The number of hydrogen-bond donors (Lipinski definition) is 4. The number of ether oxygens (including phenoxy) is 1. The van der Waals surface area contributed by atoms with E-state index in [9.17, 15) is 15.0 Å². The van der Waals surface area contributed by atoms with Crippen molar-refractivity contribution in [2.75, 3.05) is 6.61 Å². The molecule has 0 rings (SSSR count). The molecule has 6 nitrogen and oxygen atoms in total. The maximum absolute atomic E-state index is 11.8. The highest BCUT2D eigenvalue weighted by Gasteiger charge is 2.23. The molecular formula is C23H45NO5. The molecular weight excluding hydrogens is 370 g/mol. The average molecular weight is 416 g/mol. The van der Waals surface area contributed by atoms with Crippen LogP contribution in [-0.4, -0.2) is 40.0 Å². The minimum Gasteiger partial charge on any atom is -0.446 e. The zero-order chi connectivity index (χ0) is 21.8. The van der Waals surface area contributed by atoms with Crippen molar-refractivity contribution in [1.29, 1.82) is 0 Å². The molecule has 1 atom stereocenters. The van der Waals surface area contributed by atoms with Gasteiger partial charge in [-0.3, -0.25) is 4.79 Å². The third-order valence-corrected chi connectivity index (χ3v) is 4.74. The number of rotatable bonds is 20. The van der Waals surface area contributed by atoms with Gasteiger partial charge in [0.05, 0.1) is 0 Å². The van der Waals surface area contributed by atoms with Crippen molar-refractivity contribution < 1.29 is 24.9 Å². The molecule has 0 aromatic carbocycles. The van der Waals surface area contributed by atoms with Crippen molar-refractivity contribution in [2.45, 2.75) is 122 Å². The number of unbranched alkanes of at least 4 members (excludes halogenated alkanes) is 11. The summed E-state index contributed by atoms with van der Waals surface area (Å²) < 4.78 is 5.15. The van der Waals surface area contributed by atoms with Gasteiger partial charge in [0, 0.05) is 26.4 Å². The summed E-state index contributed by atoms with van der Waals surface area (Å²) >= 11 is 0. The Morgan fingerprint density at radius 1 is 0.931 bits per heavy atom. The van der Waals surface area contributed by atoms with Crippen molar-refractivity contribution in [2.24, 2.45) is 0 Å². The van der Waals surface area contributed by atoms with Gasteiger partial charge in [0.1, 0.15) is 0 Å². The summed E-state index contributed by atoms with van der Waals surface area (Å²) in [7, 11) is 0. The predicted octanol–water partition coefficient (Wildman–Crippen LogP) is 4.52. The summed E-state index contributed by atoms with van der Waals surface area (Å²) in [5, 5.41) is 29.9. The van der Waals surface area contributed by atoms with E-state index >= 15 is 0 Å². The first-order chi connectivity index (χ1) is 13.9. The summed E-state index contributed by atoms with van der Waals surface area (Å²) in [4.78, 5) is 11.8. The highest BCUT2D eigenvalue weighted by atomic mass is 16.6. The van der Waals surface area contributed by atoms with E-state index < -0.39 is 18.1 Å². The van der Waals surface area contributed by atoms with Crippen LogP contribution in [0.1, 0.15) is 110 Å². The van der Waals surface area contributed by atoms with Gasteiger partial charge in [0.25, 0.3) is 0 Å². The molecule has 4 N–H and O–H groups in total. The van der Waals surface area contributed by atoms with Crippen molar-refractivity contribution in [3.8, 4) is 0 Å². The lowest BCUT2D eigenvalue weighted by atomic mass is 10.1. The Morgan fingerprint density at radius 2 is 1.45 bits per heavy atom. The van der Waals surface area contributed by atoms with E-state index in [0.29, 0.717) is 6.42 Å². The minimum atomic E-state index is -2.15. The van der Waals surface area contributed by atoms with Crippen LogP contribution in [-0.2, 0) is 9.53 Å². The number of aliphatic hydroxyl groups excluding tert-OH is 1. The first-order valence-corrected chi connectivity index (χ1v) is 11.6. The number of carbonyl (C=O) groups excluding carboxylic acids is 1. The molecule has 0 fully saturated rings. The maximum atomic E-state index is 11.8. The highest BCUT2D eigenvalue weighted by Crippen LogP contribution is 2.11. The van der Waals surface area contributed by atoms with Gasteiger partial charge in [0.15, 0.2) is 6.23 Å². The molecule has 6 heteroatoms. The van der Waals surface area contributed by atoms with Crippen molar-refractivity contribution in [3.05, 3.63) is 12.2 Å². The molecule has 0 aliphatic carbocycles. The summed E-state index contributed by atoms with van der Waals surface area (Å²) in [6, 6.07) is 0. The Hall–Kier alpha value is -0.950. The number of nitrogens with one attached hydrogen (secondary N) is 1. The molecule has 0 radical (unpaired) electrons. The molecule has 172 valence electrons. The number of aliphatic hydroxyl groups is 3. The number of esters is 1. The molecule has 0 saturated heterocycles. The van der Waals surface area contributed by atoms with E-state index in [4.69, 9.17) is 9.84 Å². The smallest absolute Gasteiger partial charge is 0.307 e. The van der Waals surface area contributed by atoms with Gasteiger partial charge in [0.2, 0.25) is 5.91 Å². The second-order valence-corrected chi connectivity index (χ2v) is 7.99. The molecule has 0 saturated carbocycles. The number of hydrogen-bond acceptors (Lipinski definition) is 6. The van der Waals surface area contributed by atoms with Gasteiger partial charge in [-0.1, -0.05) is 70.4 Å². The van der Waals surface area contributed by atoms with Gasteiger partial charge < -0.3 is 20.1 Å². The number of carbonyl (C=O) groups is 1. The Balaban J connectivity index is 3.55. The summed E-state index contributed by atoms with van der Waals surface area (Å²) in [6.07, 6.45) is 19.7. The third kappa shape index (κ3) is 21.6. The zero-order valence-electron chi connectivity index (χ0n) is 18.7. The molecule has 0 aromatic heterocycles. The molecule has 0 amide bonds. The molecule has 0 aromatic rings. The van der Waals surface area contributed by atoms with E-state index in [1.165, 1.54) is 57.8 Å². The predicted molar refractivity (Wildman–Crippen MR) is 117 cm³/mol. The molecule has 1 unspecified atom stereocenters. The molecule has 0 bridgehead atoms. The van der Waals surface area contributed by atoms with E-state index in [1.807, 2.05) is 0 Å². The Labute approximate surface area is 177 Å². The highest BCUT2D eigenvalue weighted by molar-refractivity contribution is 5.69. The molecule has 0 spiro atoms. The lowest BCUT2D eigenvalue weighted by Crippen LogP contribution is -2.50. The summed E-state index contributed by atoms with van der Waals surface area (Å²) in [5.41, 5.74) is 0. The van der Waals surface area contributed by atoms with Crippen molar-refractivity contribution in [1.82, 2.24) is 5.32 Å². The Morgan fingerprint density at radius 3 is 1.97 bits per heavy atom. The van der Waals surface area contributed by atoms with Gasteiger partial charge in [-0.15, -0.1) is 0 Å². The third-order valence-electron chi connectivity index (χ3n) is 4.74. The lowest BCUT2D eigenvalue weighted by molar-refractivity contribution is -0.201. The quantitative estimate of drug-likeness (QED) is 0.101. The Bertz CT molecular complexity index is 407. The largest absolute Gasteiger partial charge is 0.446 e. The van der Waals surface area contributed by atoms with E-state index in [2.05, 4.69) is 24.4 Å². The maximum Gasteiger partial charge on any atom is 0.307 e. The van der Waals surface area contributed by atoms with E-state index in [-0.39, 0.29) is 13.0 Å². The van der Waals surface area contributed by atoms with E-state index in [1.54, 1.807) is 0 Å². The van der Waals surface area contributed by atoms with Gasteiger partial charge in [-0.05, 0) is 32.1 Å². The van der Waals surface area contributed by atoms with Crippen LogP contribution < -0.4 is 5.32 Å². The van der Waals surface area contributed by atoms with Crippen LogP contribution >= 0.6 is 0 Å². The standard InChI is InChI=1S/C23H45NO5/c1-3-4-5-6-7-8-9-10-11-12-13-14-15-16-17-18-22(26)29-21(19-20-25)24-23(2,27)28/h10-11,21,24-25,27-28H,3-9,12-20H2,1-2H3. The van der Waals surface area contributed by atoms with Crippen LogP contribution in [0.25, 0.3) is 0 Å². The summed E-state index contributed by atoms with van der Waals surface area (Å²) in [5.74, 6) is -2.54. The van der Waals surface area contributed by atoms with Crippen molar-refractivity contribution >= 4 is 5.97 Å². The fourth-order valence-corrected chi connectivity index (χ4v) is 3.14. The van der Waals surface area contributed by atoms with Crippen LogP contribution in [0, 0.1) is 0 Å². The van der Waals surface area contributed by atoms with Crippen molar-refractivity contribution in [3.63, 3.8) is 0 Å². The SMILES string of the molecule is CCCCCCCCC=CCCCCCCCC(=O)OC(CCO)NC(C)(O)O. The lowest BCUT2D eigenvalue weighted by Gasteiger charge is -2.25. The topological polar surface area (TPSA) is 99.0 Å². The van der Waals surface area contributed by atoms with E-state index in [0.717, 1.165) is 32.6 Å². The van der Waals surface area contributed by atoms with Gasteiger partial charge >= 0.3 is 5.97 Å². The Kier molecular flexibility index (Phi) is 18.4. The summed E-state index contributed by atoms with van der Waals surface area (Å²) in [6.45, 7) is 3.17. The van der Waals surface area contributed by atoms with Crippen LogP contribution in [0.3, 0.4) is 0 Å². The fourth-order valence-electron chi connectivity index (χ4n) is 3.14. The van der Waals surface area contributed by atoms with Gasteiger partial charge in [-0.2, -0.15) is 0 Å². The van der Waals surface area contributed by atoms with Crippen LogP contribution in [0.4, 0.5) is 0 Å². The zero-order valence-corrected chi connectivity index (χ0v) is 18.7. The first kappa shape index (κ1) is 28.1. The normalized spacial score (nSPS) is 13.1. The second kappa shape index (κ2) is 19.0. The van der Waals surface area contributed by atoms with Gasteiger partial charge in [-0.25, -0.2) is 5.32 Å². The minimum absolute atomic E-state index is 0.106. The molecule has 0 heterocycles. The van der Waals surface area contributed by atoms with Crippen LogP contribution in [0.15, 0.2) is 12.2 Å².